The second kappa shape index (κ2) is 4.02. The molecule has 0 amide bonds. The van der Waals surface area contributed by atoms with Gasteiger partial charge in [-0.3, -0.25) is 0 Å². The van der Waals surface area contributed by atoms with Gasteiger partial charge in [0.25, 0.3) is 5.92 Å². The fourth-order valence-corrected chi connectivity index (χ4v) is 1.75. The maximum absolute atomic E-state index is 13.0. The van der Waals surface area contributed by atoms with Crippen LogP contribution in [-0.2, 0) is 10.7 Å². The molecule has 1 rings (SSSR count). The second-order valence-corrected chi connectivity index (χ2v) is 3.65. The molecule has 0 saturated carbocycles. The molecule has 0 spiro atoms. The van der Waals surface area contributed by atoms with E-state index in [0.29, 0.717) is 11.3 Å². The first-order valence-corrected chi connectivity index (χ1v) is 4.59. The SMILES string of the molecule is COC(=O)c1ccc(C(F)(F)CN)s1. The van der Waals surface area contributed by atoms with Crippen molar-refractivity contribution in [2.24, 2.45) is 5.73 Å². The van der Waals surface area contributed by atoms with Crippen LogP contribution in [0, 0.1) is 0 Å². The van der Waals surface area contributed by atoms with Gasteiger partial charge in [0.1, 0.15) is 4.88 Å². The predicted octanol–water partition coefficient (Wildman–Crippen LogP) is 1.59. The van der Waals surface area contributed by atoms with Gasteiger partial charge in [0.15, 0.2) is 0 Å². The Morgan fingerprint density at radius 3 is 2.79 bits per heavy atom. The van der Waals surface area contributed by atoms with E-state index in [9.17, 15) is 13.6 Å². The highest BCUT2D eigenvalue weighted by atomic mass is 32.1. The number of esters is 1. The van der Waals surface area contributed by atoms with Gasteiger partial charge in [0.05, 0.1) is 18.5 Å². The second-order valence-electron chi connectivity index (χ2n) is 2.56. The lowest BCUT2D eigenvalue weighted by Crippen LogP contribution is -2.23. The summed E-state index contributed by atoms with van der Waals surface area (Å²) in [4.78, 5) is 10.9. The minimum Gasteiger partial charge on any atom is -0.465 e. The standard InChI is InChI=1S/C8H9F2NO2S/c1-13-7(12)5-2-3-6(14-5)8(9,10)4-11/h2-3H,4,11H2,1H3. The van der Waals surface area contributed by atoms with Crippen LogP contribution in [0.1, 0.15) is 14.5 Å². The van der Waals surface area contributed by atoms with Crippen molar-refractivity contribution in [3.8, 4) is 0 Å². The van der Waals surface area contributed by atoms with Gasteiger partial charge in [-0.05, 0) is 12.1 Å². The fourth-order valence-electron chi connectivity index (χ4n) is 0.845. The Kier molecular flexibility index (Phi) is 3.17. The van der Waals surface area contributed by atoms with Gasteiger partial charge in [-0.2, -0.15) is 8.78 Å². The highest BCUT2D eigenvalue weighted by Gasteiger charge is 2.32. The molecule has 0 bridgehead atoms. The van der Waals surface area contributed by atoms with E-state index in [1.807, 2.05) is 0 Å². The molecule has 2 N–H and O–H groups in total. The van der Waals surface area contributed by atoms with Crippen LogP contribution < -0.4 is 5.73 Å². The molecule has 1 aromatic rings. The number of rotatable bonds is 3. The molecule has 0 fully saturated rings. The smallest absolute Gasteiger partial charge is 0.348 e. The molecule has 0 aliphatic heterocycles. The maximum Gasteiger partial charge on any atom is 0.348 e. The third-order valence-corrected chi connectivity index (χ3v) is 2.79. The molecule has 0 aliphatic carbocycles. The molecule has 1 heterocycles. The van der Waals surface area contributed by atoms with Gasteiger partial charge in [-0.1, -0.05) is 0 Å². The van der Waals surface area contributed by atoms with E-state index in [4.69, 9.17) is 5.73 Å². The van der Waals surface area contributed by atoms with Crippen molar-refractivity contribution < 1.29 is 18.3 Å². The average Bonchev–Trinajstić information content (AvgIpc) is 2.66. The van der Waals surface area contributed by atoms with Crippen LogP contribution in [0.2, 0.25) is 0 Å². The lowest BCUT2D eigenvalue weighted by atomic mass is 10.3. The van der Waals surface area contributed by atoms with Crippen LogP contribution in [0.3, 0.4) is 0 Å². The summed E-state index contributed by atoms with van der Waals surface area (Å²) >= 11 is 0.693. The van der Waals surface area contributed by atoms with E-state index in [1.165, 1.54) is 19.2 Å². The van der Waals surface area contributed by atoms with Gasteiger partial charge < -0.3 is 10.5 Å². The molecule has 0 aromatic carbocycles. The molecule has 14 heavy (non-hydrogen) atoms. The lowest BCUT2D eigenvalue weighted by molar-refractivity contribution is 0.00990. The van der Waals surface area contributed by atoms with Crippen molar-refractivity contribution in [2.75, 3.05) is 13.7 Å². The summed E-state index contributed by atoms with van der Waals surface area (Å²) in [5.41, 5.74) is 4.90. The first-order chi connectivity index (χ1) is 6.51. The minimum atomic E-state index is -3.07. The maximum atomic E-state index is 13.0. The summed E-state index contributed by atoms with van der Waals surface area (Å²) in [6, 6.07) is 2.49. The summed E-state index contributed by atoms with van der Waals surface area (Å²) in [5.74, 6) is -3.69. The van der Waals surface area contributed by atoms with Gasteiger partial charge in [-0.15, -0.1) is 11.3 Å². The van der Waals surface area contributed by atoms with Crippen molar-refractivity contribution in [3.05, 3.63) is 21.9 Å². The summed E-state index contributed by atoms with van der Waals surface area (Å²) in [6.45, 7) is -0.770. The Balaban J connectivity index is 2.93. The molecule has 78 valence electrons. The highest BCUT2D eigenvalue weighted by molar-refractivity contribution is 7.14. The molecular formula is C8H9F2NO2S. The van der Waals surface area contributed by atoms with Gasteiger partial charge >= 0.3 is 5.97 Å². The molecule has 0 aliphatic rings. The summed E-state index contributed by atoms with van der Waals surface area (Å²) in [5, 5.41) is 0. The monoisotopic (exact) mass is 221 g/mol. The lowest BCUT2D eigenvalue weighted by Gasteiger charge is -2.10. The number of thiophene rings is 1. The van der Waals surface area contributed by atoms with Crippen LogP contribution in [0.4, 0.5) is 8.78 Å². The minimum absolute atomic E-state index is 0.149. The number of halogens is 2. The van der Waals surface area contributed by atoms with Crippen LogP contribution in [0.25, 0.3) is 0 Å². The quantitative estimate of drug-likeness (QED) is 0.788. The van der Waals surface area contributed by atoms with Crippen molar-refractivity contribution in [3.63, 3.8) is 0 Å². The number of methoxy groups -OCH3 is 1. The van der Waals surface area contributed by atoms with E-state index in [-0.39, 0.29) is 9.75 Å². The molecule has 0 radical (unpaired) electrons. The molecule has 1 aromatic heterocycles. The fraction of sp³-hybridized carbons (Fsp3) is 0.375. The Labute approximate surface area is 83.5 Å². The number of carbonyl (C=O) groups excluding carboxylic acids is 1. The molecule has 0 unspecified atom stereocenters. The van der Waals surface area contributed by atoms with Gasteiger partial charge in [0.2, 0.25) is 0 Å². The first-order valence-electron chi connectivity index (χ1n) is 3.78. The summed E-state index contributed by atoms with van der Waals surface area (Å²) in [6.07, 6.45) is 0. The van der Waals surface area contributed by atoms with Gasteiger partial charge in [-0.25, -0.2) is 4.79 Å². The summed E-state index contributed by atoms with van der Waals surface area (Å²) in [7, 11) is 1.20. The van der Waals surface area contributed by atoms with Gasteiger partial charge in [0, 0.05) is 0 Å². The van der Waals surface area contributed by atoms with Crippen LogP contribution in [-0.4, -0.2) is 19.6 Å². The zero-order valence-corrected chi connectivity index (χ0v) is 8.24. The van der Waals surface area contributed by atoms with E-state index < -0.39 is 18.4 Å². The number of ether oxygens (including phenoxy) is 1. The summed E-state index contributed by atoms with van der Waals surface area (Å²) < 4.78 is 30.4. The van der Waals surface area contributed by atoms with Crippen LogP contribution in [0.5, 0.6) is 0 Å². The predicted molar refractivity (Wildman–Crippen MR) is 48.6 cm³/mol. The van der Waals surface area contributed by atoms with E-state index in [1.54, 1.807) is 0 Å². The number of nitrogens with two attached hydrogens (primary N) is 1. The van der Waals surface area contributed by atoms with Crippen molar-refractivity contribution in [1.82, 2.24) is 0 Å². The van der Waals surface area contributed by atoms with Crippen molar-refractivity contribution >= 4 is 17.3 Å². The molecule has 6 heteroatoms. The third-order valence-electron chi connectivity index (χ3n) is 1.61. The van der Waals surface area contributed by atoms with Crippen molar-refractivity contribution in [1.29, 1.82) is 0 Å². The Morgan fingerprint density at radius 1 is 1.64 bits per heavy atom. The molecule has 0 atom stereocenters. The number of hydrogen-bond donors (Lipinski definition) is 1. The molecular weight excluding hydrogens is 212 g/mol. The van der Waals surface area contributed by atoms with Crippen LogP contribution in [0.15, 0.2) is 12.1 Å². The van der Waals surface area contributed by atoms with E-state index >= 15 is 0 Å². The first kappa shape index (κ1) is 11.1. The average molecular weight is 221 g/mol. The number of hydrogen-bond acceptors (Lipinski definition) is 4. The van der Waals surface area contributed by atoms with E-state index in [2.05, 4.69) is 4.74 Å². The number of carbonyl (C=O) groups is 1. The molecule has 3 nitrogen and oxygen atoms in total. The zero-order valence-electron chi connectivity index (χ0n) is 7.42. The Hall–Kier alpha value is -1.01. The highest BCUT2D eigenvalue weighted by Crippen LogP contribution is 2.32. The number of alkyl halides is 2. The topological polar surface area (TPSA) is 52.3 Å². The Morgan fingerprint density at radius 2 is 2.29 bits per heavy atom. The zero-order chi connectivity index (χ0) is 10.8. The normalized spacial score (nSPS) is 11.4. The Bertz CT molecular complexity index is 338. The van der Waals surface area contributed by atoms with Crippen molar-refractivity contribution in [2.45, 2.75) is 5.92 Å². The third kappa shape index (κ3) is 2.08. The largest absolute Gasteiger partial charge is 0.465 e. The van der Waals surface area contributed by atoms with Crippen LogP contribution >= 0.6 is 11.3 Å². The van der Waals surface area contributed by atoms with E-state index in [0.717, 1.165) is 0 Å². The molecule has 0 saturated heterocycles.